The Balaban J connectivity index is 2.03. The number of rotatable bonds is 5. The van der Waals surface area contributed by atoms with Crippen LogP contribution in [0.25, 0.3) is 0 Å². The number of hydrogen-bond acceptors (Lipinski definition) is 4. The van der Waals surface area contributed by atoms with Crippen LogP contribution in [-0.2, 0) is 11.3 Å². The molecule has 0 spiro atoms. The fourth-order valence-corrected chi connectivity index (χ4v) is 2.83. The van der Waals surface area contributed by atoms with Gasteiger partial charge in [0, 0.05) is 50.4 Å². The van der Waals surface area contributed by atoms with E-state index in [0.717, 1.165) is 48.6 Å². The number of carbonyl (C=O) groups is 1. The topological polar surface area (TPSA) is 54.5 Å². The van der Waals surface area contributed by atoms with E-state index in [2.05, 4.69) is 28.2 Å². The number of methoxy groups -OCH3 is 1. The van der Waals surface area contributed by atoms with Gasteiger partial charge in [-0.25, -0.2) is 0 Å². The number of nitrogens with one attached hydrogen (secondary N) is 1. The minimum Gasteiger partial charge on any atom is -0.496 e. The van der Waals surface area contributed by atoms with Crippen molar-refractivity contribution in [2.45, 2.75) is 33.7 Å². The van der Waals surface area contributed by atoms with E-state index in [9.17, 15) is 4.79 Å². The fraction of sp³-hybridized carbons (Fsp3) is 0.529. The smallest absolute Gasteiger partial charge is 0.217 e. The van der Waals surface area contributed by atoms with Crippen molar-refractivity contribution in [1.29, 1.82) is 0 Å². The van der Waals surface area contributed by atoms with Crippen molar-refractivity contribution in [2.24, 2.45) is 0 Å². The average molecular weight is 303 g/mol. The van der Waals surface area contributed by atoms with Gasteiger partial charge in [0.15, 0.2) is 0 Å². The molecule has 0 aromatic carbocycles. The first-order valence-corrected chi connectivity index (χ1v) is 7.65. The maximum absolute atomic E-state index is 11.0. The Hall–Kier alpha value is -1.88. The Labute approximate surface area is 132 Å². The lowest BCUT2D eigenvalue weighted by Gasteiger charge is -2.28. The van der Waals surface area contributed by atoms with E-state index in [4.69, 9.17) is 4.74 Å². The molecule has 2 rings (SSSR count). The third kappa shape index (κ3) is 4.07. The summed E-state index contributed by atoms with van der Waals surface area (Å²) < 4.78 is 5.47. The van der Waals surface area contributed by atoms with E-state index in [1.807, 2.05) is 13.1 Å². The van der Waals surface area contributed by atoms with Crippen LogP contribution in [0, 0.1) is 13.8 Å². The second-order valence-corrected chi connectivity index (χ2v) is 5.82. The van der Waals surface area contributed by atoms with Crippen LogP contribution < -0.4 is 10.1 Å². The summed E-state index contributed by atoms with van der Waals surface area (Å²) in [6.07, 6.45) is 5.11. The monoisotopic (exact) mass is 303 g/mol. The van der Waals surface area contributed by atoms with Gasteiger partial charge in [-0.3, -0.25) is 14.7 Å². The molecule has 1 N–H and O–H groups in total. The normalized spacial score (nSPS) is 15.4. The third-order valence-electron chi connectivity index (χ3n) is 3.99. The molecule has 5 heteroatoms. The lowest BCUT2D eigenvalue weighted by Crippen LogP contribution is -2.34. The number of pyridine rings is 1. The van der Waals surface area contributed by atoms with Crippen LogP contribution >= 0.6 is 0 Å². The van der Waals surface area contributed by atoms with Crippen LogP contribution in [0.5, 0.6) is 5.75 Å². The van der Waals surface area contributed by atoms with Crippen LogP contribution in [-0.4, -0.2) is 42.5 Å². The predicted molar refractivity (Wildman–Crippen MR) is 86.9 cm³/mol. The summed E-state index contributed by atoms with van der Waals surface area (Å²) in [6, 6.07) is 0. The summed E-state index contributed by atoms with van der Waals surface area (Å²) in [5, 5.41) is 2.87. The number of aryl methyl sites for hydroxylation is 1. The summed E-state index contributed by atoms with van der Waals surface area (Å²) in [5.74, 6) is 0.940. The third-order valence-corrected chi connectivity index (χ3v) is 3.99. The van der Waals surface area contributed by atoms with Gasteiger partial charge in [0.1, 0.15) is 5.75 Å². The maximum Gasteiger partial charge on any atom is 0.217 e. The molecule has 120 valence electrons. The van der Waals surface area contributed by atoms with E-state index in [0.29, 0.717) is 6.54 Å². The molecule has 2 heterocycles. The number of nitrogens with zero attached hydrogens (tertiary/aromatic N) is 2. The van der Waals surface area contributed by atoms with Gasteiger partial charge in [-0.15, -0.1) is 0 Å². The lowest BCUT2D eigenvalue weighted by atomic mass is 10.1. The van der Waals surface area contributed by atoms with Crippen molar-refractivity contribution in [3.63, 3.8) is 0 Å². The molecule has 0 unspecified atom stereocenters. The Kier molecular flexibility index (Phi) is 5.55. The second-order valence-electron chi connectivity index (χ2n) is 5.82. The molecule has 0 saturated carbocycles. The summed E-state index contributed by atoms with van der Waals surface area (Å²) in [5.41, 5.74) is 4.50. The molecule has 22 heavy (non-hydrogen) atoms. The zero-order valence-electron chi connectivity index (χ0n) is 13.9. The number of hydrogen-bond donors (Lipinski definition) is 1. The van der Waals surface area contributed by atoms with E-state index in [1.54, 1.807) is 14.0 Å². The molecule has 0 saturated heterocycles. The standard InChI is InChI=1S/C17H25N3O2/c1-12-8-19-16(13(2)17(12)22-4)11-20-7-5-6-15(10-20)9-18-14(3)21/h6,8H,5,7,9-11H2,1-4H3,(H,18,21). The highest BCUT2D eigenvalue weighted by Crippen LogP contribution is 2.25. The number of amides is 1. The minimum absolute atomic E-state index is 0.0128. The van der Waals surface area contributed by atoms with Gasteiger partial charge >= 0.3 is 0 Å². The van der Waals surface area contributed by atoms with Crippen molar-refractivity contribution in [1.82, 2.24) is 15.2 Å². The molecule has 5 nitrogen and oxygen atoms in total. The lowest BCUT2D eigenvalue weighted by molar-refractivity contribution is -0.118. The molecule has 1 aromatic heterocycles. The predicted octanol–water partition coefficient (Wildman–Crippen LogP) is 1.98. The van der Waals surface area contributed by atoms with E-state index in [-0.39, 0.29) is 5.91 Å². The van der Waals surface area contributed by atoms with E-state index >= 15 is 0 Å². The second kappa shape index (κ2) is 7.40. The summed E-state index contributed by atoms with van der Waals surface area (Å²) in [7, 11) is 1.70. The van der Waals surface area contributed by atoms with Gasteiger partial charge in [0.25, 0.3) is 0 Å². The first-order valence-electron chi connectivity index (χ1n) is 7.65. The van der Waals surface area contributed by atoms with Crippen LogP contribution in [0.15, 0.2) is 17.8 Å². The number of aromatic nitrogens is 1. The van der Waals surface area contributed by atoms with Gasteiger partial charge in [-0.1, -0.05) is 6.08 Å². The highest BCUT2D eigenvalue weighted by atomic mass is 16.5. The minimum atomic E-state index is 0.0128. The fourth-order valence-electron chi connectivity index (χ4n) is 2.83. The largest absolute Gasteiger partial charge is 0.496 e. The Morgan fingerprint density at radius 1 is 1.45 bits per heavy atom. The molecule has 0 atom stereocenters. The molecule has 1 aliphatic rings. The first kappa shape index (κ1) is 16.5. The highest BCUT2D eigenvalue weighted by Gasteiger charge is 2.16. The molecular weight excluding hydrogens is 278 g/mol. The van der Waals surface area contributed by atoms with Gasteiger partial charge in [-0.05, 0) is 25.8 Å². The molecule has 1 amide bonds. The summed E-state index contributed by atoms with van der Waals surface area (Å²) in [6.45, 7) is 8.95. The SMILES string of the molecule is COc1c(C)cnc(CN2CCC=C(CNC(C)=O)C2)c1C. The number of ether oxygens (including phenoxy) is 1. The molecule has 0 aliphatic carbocycles. The Morgan fingerprint density at radius 2 is 2.23 bits per heavy atom. The quantitative estimate of drug-likeness (QED) is 0.845. The van der Waals surface area contributed by atoms with Gasteiger partial charge in [-0.2, -0.15) is 0 Å². The van der Waals surface area contributed by atoms with Gasteiger partial charge in [0.05, 0.1) is 12.8 Å². The molecule has 1 aromatic rings. The summed E-state index contributed by atoms with van der Waals surface area (Å²) >= 11 is 0. The number of carbonyl (C=O) groups excluding carboxylic acids is 1. The Bertz CT molecular complexity index is 582. The summed E-state index contributed by atoms with van der Waals surface area (Å²) in [4.78, 5) is 18.0. The van der Waals surface area contributed by atoms with Crippen molar-refractivity contribution < 1.29 is 9.53 Å². The van der Waals surface area contributed by atoms with Crippen LogP contribution in [0.2, 0.25) is 0 Å². The average Bonchev–Trinajstić information content (AvgIpc) is 2.49. The zero-order valence-corrected chi connectivity index (χ0v) is 13.9. The molecule has 0 fully saturated rings. The zero-order chi connectivity index (χ0) is 16.1. The molecule has 1 aliphatic heterocycles. The maximum atomic E-state index is 11.0. The van der Waals surface area contributed by atoms with E-state index in [1.165, 1.54) is 5.57 Å². The van der Waals surface area contributed by atoms with Crippen molar-refractivity contribution in [3.05, 3.63) is 34.7 Å². The van der Waals surface area contributed by atoms with Crippen LogP contribution in [0.4, 0.5) is 0 Å². The first-order chi connectivity index (χ1) is 10.5. The molecular formula is C17H25N3O2. The highest BCUT2D eigenvalue weighted by molar-refractivity contribution is 5.73. The van der Waals surface area contributed by atoms with Crippen molar-refractivity contribution >= 4 is 5.91 Å². The van der Waals surface area contributed by atoms with Crippen LogP contribution in [0.1, 0.15) is 30.2 Å². The molecule has 0 radical (unpaired) electrons. The molecule has 0 bridgehead atoms. The van der Waals surface area contributed by atoms with Crippen LogP contribution in [0.3, 0.4) is 0 Å². The van der Waals surface area contributed by atoms with Crippen molar-refractivity contribution in [3.8, 4) is 5.75 Å². The Morgan fingerprint density at radius 3 is 2.91 bits per heavy atom. The van der Waals surface area contributed by atoms with Gasteiger partial charge in [0.2, 0.25) is 5.91 Å². The van der Waals surface area contributed by atoms with E-state index < -0.39 is 0 Å². The van der Waals surface area contributed by atoms with Crippen molar-refractivity contribution in [2.75, 3.05) is 26.7 Å². The van der Waals surface area contributed by atoms with Gasteiger partial charge < -0.3 is 10.1 Å².